The number of hydrogen-bond acceptors (Lipinski definition) is 4. The van der Waals surface area contributed by atoms with Crippen LogP contribution in [0.2, 0.25) is 5.15 Å². The number of aromatic nitrogens is 2. The molecule has 1 N–H and O–H groups in total. The number of β-amino-alcohol motifs (C(OH)–C–C–N with tert-alkyl or cyclic N) is 1. The monoisotopic (exact) mass is 213 g/mol. The minimum Gasteiger partial charge on any atom is -0.391 e. The first kappa shape index (κ1) is 9.68. The van der Waals surface area contributed by atoms with Crippen molar-refractivity contribution >= 4 is 17.4 Å². The molecule has 14 heavy (non-hydrogen) atoms. The van der Waals surface area contributed by atoms with Crippen LogP contribution in [0.15, 0.2) is 12.4 Å². The molecule has 76 valence electrons. The predicted molar refractivity (Wildman–Crippen MR) is 54.4 cm³/mol. The molecule has 0 spiro atoms. The molecule has 2 unspecified atom stereocenters. The molecular formula is C9H12ClN3O. The van der Waals surface area contributed by atoms with Gasteiger partial charge in [0.25, 0.3) is 0 Å². The lowest BCUT2D eigenvalue weighted by molar-refractivity contribution is 0.157. The number of halogens is 1. The molecule has 1 aromatic heterocycles. The van der Waals surface area contributed by atoms with Gasteiger partial charge in [0.1, 0.15) is 0 Å². The van der Waals surface area contributed by atoms with Crippen molar-refractivity contribution in [3.05, 3.63) is 17.5 Å². The van der Waals surface area contributed by atoms with E-state index in [-0.39, 0.29) is 12.0 Å². The number of aliphatic hydroxyl groups excluding tert-OH is 1. The van der Waals surface area contributed by atoms with Gasteiger partial charge >= 0.3 is 0 Å². The molecule has 0 amide bonds. The molecule has 1 aliphatic heterocycles. The molecule has 2 heterocycles. The number of anilines is 1. The lowest BCUT2D eigenvalue weighted by Gasteiger charge is -2.16. The Kier molecular flexibility index (Phi) is 2.56. The van der Waals surface area contributed by atoms with Gasteiger partial charge in [-0.25, -0.2) is 9.97 Å². The second kappa shape index (κ2) is 3.71. The molecule has 1 aromatic rings. The van der Waals surface area contributed by atoms with E-state index in [0.717, 1.165) is 6.54 Å². The summed E-state index contributed by atoms with van der Waals surface area (Å²) in [5.41, 5.74) is 0. The molecule has 0 bridgehead atoms. The van der Waals surface area contributed by atoms with E-state index in [1.165, 1.54) is 0 Å². The Bertz CT molecular complexity index is 324. The molecule has 0 radical (unpaired) electrons. The zero-order valence-corrected chi connectivity index (χ0v) is 8.65. The molecule has 1 fully saturated rings. The quantitative estimate of drug-likeness (QED) is 0.755. The van der Waals surface area contributed by atoms with Crippen molar-refractivity contribution in [1.82, 2.24) is 9.97 Å². The van der Waals surface area contributed by atoms with Crippen molar-refractivity contribution in [3.63, 3.8) is 0 Å². The fraction of sp³-hybridized carbons (Fsp3) is 0.556. The molecule has 1 aliphatic rings. The molecule has 2 rings (SSSR count). The Hall–Kier alpha value is -0.870. The molecule has 4 nitrogen and oxygen atoms in total. The molecule has 0 saturated carbocycles. The second-order valence-electron chi connectivity index (χ2n) is 3.62. The van der Waals surface area contributed by atoms with E-state index in [2.05, 4.69) is 9.97 Å². The van der Waals surface area contributed by atoms with Gasteiger partial charge in [-0.05, 0) is 0 Å². The third-order valence-corrected chi connectivity index (χ3v) is 2.77. The Morgan fingerprint density at radius 2 is 2.14 bits per heavy atom. The summed E-state index contributed by atoms with van der Waals surface area (Å²) in [6.45, 7) is 3.37. The van der Waals surface area contributed by atoms with E-state index in [0.29, 0.717) is 17.5 Å². The molecule has 0 aromatic carbocycles. The van der Waals surface area contributed by atoms with Crippen LogP contribution in [0.1, 0.15) is 6.92 Å². The van der Waals surface area contributed by atoms with Gasteiger partial charge in [0.05, 0.1) is 6.10 Å². The van der Waals surface area contributed by atoms with Gasteiger partial charge in [-0.15, -0.1) is 0 Å². The Labute approximate surface area is 87.5 Å². The van der Waals surface area contributed by atoms with Gasteiger partial charge in [0.15, 0.2) is 11.0 Å². The lowest BCUT2D eigenvalue weighted by atomic mass is 10.1. The van der Waals surface area contributed by atoms with Crippen LogP contribution in [-0.4, -0.2) is 34.3 Å². The zero-order chi connectivity index (χ0) is 10.1. The van der Waals surface area contributed by atoms with E-state index in [1.807, 2.05) is 11.8 Å². The average Bonchev–Trinajstić information content (AvgIpc) is 2.48. The fourth-order valence-corrected chi connectivity index (χ4v) is 1.87. The molecule has 1 saturated heterocycles. The van der Waals surface area contributed by atoms with E-state index < -0.39 is 0 Å². The minimum absolute atomic E-state index is 0.257. The maximum Gasteiger partial charge on any atom is 0.171 e. The lowest BCUT2D eigenvalue weighted by Crippen LogP contribution is -2.22. The van der Waals surface area contributed by atoms with Gasteiger partial charge in [-0.1, -0.05) is 18.5 Å². The van der Waals surface area contributed by atoms with Gasteiger partial charge < -0.3 is 10.0 Å². The van der Waals surface area contributed by atoms with E-state index in [9.17, 15) is 5.11 Å². The highest BCUT2D eigenvalue weighted by molar-refractivity contribution is 6.31. The first-order chi connectivity index (χ1) is 6.68. The van der Waals surface area contributed by atoms with Gasteiger partial charge in [-0.2, -0.15) is 0 Å². The van der Waals surface area contributed by atoms with Gasteiger partial charge in [0, 0.05) is 31.4 Å². The average molecular weight is 214 g/mol. The summed E-state index contributed by atoms with van der Waals surface area (Å²) in [4.78, 5) is 10.1. The maximum atomic E-state index is 9.59. The predicted octanol–water partition coefficient (Wildman–Crippen LogP) is 0.947. The van der Waals surface area contributed by atoms with Crippen molar-refractivity contribution in [2.75, 3.05) is 18.0 Å². The summed E-state index contributed by atoms with van der Waals surface area (Å²) in [6, 6.07) is 0. The minimum atomic E-state index is -0.298. The highest BCUT2D eigenvalue weighted by atomic mass is 35.5. The SMILES string of the molecule is CC1CN(c2nccnc2Cl)CC1O. The maximum absolute atomic E-state index is 9.59. The first-order valence-corrected chi connectivity index (χ1v) is 4.96. The Morgan fingerprint density at radius 3 is 2.71 bits per heavy atom. The summed E-state index contributed by atoms with van der Waals surface area (Å²) in [6.07, 6.45) is 2.87. The smallest absolute Gasteiger partial charge is 0.171 e. The molecule has 5 heteroatoms. The van der Waals surface area contributed by atoms with E-state index in [1.54, 1.807) is 12.4 Å². The topological polar surface area (TPSA) is 49.2 Å². The van der Waals surface area contributed by atoms with E-state index >= 15 is 0 Å². The third-order valence-electron chi connectivity index (χ3n) is 2.51. The Morgan fingerprint density at radius 1 is 1.43 bits per heavy atom. The standard InChI is InChI=1S/C9H12ClN3O/c1-6-4-13(5-7(6)14)9-8(10)11-2-3-12-9/h2-3,6-7,14H,4-5H2,1H3. The van der Waals surface area contributed by atoms with Crippen LogP contribution in [-0.2, 0) is 0 Å². The van der Waals surface area contributed by atoms with Crippen LogP contribution >= 0.6 is 11.6 Å². The largest absolute Gasteiger partial charge is 0.391 e. The van der Waals surface area contributed by atoms with Crippen LogP contribution in [0.5, 0.6) is 0 Å². The van der Waals surface area contributed by atoms with Crippen molar-refractivity contribution < 1.29 is 5.11 Å². The summed E-state index contributed by atoms with van der Waals surface area (Å²) < 4.78 is 0. The van der Waals surface area contributed by atoms with Crippen LogP contribution in [0.25, 0.3) is 0 Å². The van der Waals surface area contributed by atoms with Crippen LogP contribution < -0.4 is 4.90 Å². The van der Waals surface area contributed by atoms with Crippen molar-refractivity contribution in [1.29, 1.82) is 0 Å². The number of aliphatic hydroxyl groups is 1. The highest BCUT2D eigenvalue weighted by Crippen LogP contribution is 2.26. The number of nitrogens with zero attached hydrogens (tertiary/aromatic N) is 3. The Balaban J connectivity index is 2.21. The van der Waals surface area contributed by atoms with Gasteiger partial charge in [-0.3, -0.25) is 0 Å². The van der Waals surface area contributed by atoms with E-state index in [4.69, 9.17) is 11.6 Å². The molecule has 2 atom stereocenters. The normalized spacial score (nSPS) is 26.9. The van der Waals surface area contributed by atoms with Crippen LogP contribution in [0, 0.1) is 5.92 Å². The molecule has 0 aliphatic carbocycles. The first-order valence-electron chi connectivity index (χ1n) is 4.58. The number of hydrogen-bond donors (Lipinski definition) is 1. The second-order valence-corrected chi connectivity index (χ2v) is 3.98. The van der Waals surface area contributed by atoms with Crippen molar-refractivity contribution in [3.8, 4) is 0 Å². The summed E-state index contributed by atoms with van der Waals surface area (Å²) >= 11 is 5.90. The zero-order valence-electron chi connectivity index (χ0n) is 7.89. The third kappa shape index (κ3) is 1.67. The summed E-state index contributed by atoms with van der Waals surface area (Å²) in [7, 11) is 0. The highest BCUT2D eigenvalue weighted by Gasteiger charge is 2.29. The van der Waals surface area contributed by atoms with Crippen LogP contribution in [0.4, 0.5) is 5.82 Å². The van der Waals surface area contributed by atoms with Gasteiger partial charge in [0.2, 0.25) is 0 Å². The van der Waals surface area contributed by atoms with Crippen LogP contribution in [0.3, 0.4) is 0 Å². The fourth-order valence-electron chi connectivity index (χ4n) is 1.65. The summed E-state index contributed by atoms with van der Waals surface area (Å²) in [5, 5.41) is 9.98. The van der Waals surface area contributed by atoms with Crippen molar-refractivity contribution in [2.24, 2.45) is 5.92 Å². The summed E-state index contributed by atoms with van der Waals surface area (Å²) in [5.74, 6) is 0.922. The molecular weight excluding hydrogens is 202 g/mol. The van der Waals surface area contributed by atoms with Crippen molar-refractivity contribution in [2.45, 2.75) is 13.0 Å². The number of rotatable bonds is 1.